The summed E-state index contributed by atoms with van der Waals surface area (Å²) in [5, 5.41) is 3.25. The molecule has 23 heavy (non-hydrogen) atoms. The van der Waals surface area contributed by atoms with Crippen molar-refractivity contribution in [1.82, 2.24) is 9.97 Å². The number of aromatic nitrogens is 2. The highest BCUT2D eigenvalue weighted by molar-refractivity contribution is 5.65. The lowest BCUT2D eigenvalue weighted by atomic mass is 10.1. The van der Waals surface area contributed by atoms with Crippen LogP contribution in [0.5, 0.6) is 11.5 Å². The molecule has 0 fully saturated rings. The molecule has 2 aromatic carbocycles. The smallest absolute Gasteiger partial charge is 0.231 e. The van der Waals surface area contributed by atoms with E-state index in [-0.39, 0.29) is 6.79 Å². The summed E-state index contributed by atoms with van der Waals surface area (Å²) in [7, 11) is 0. The third kappa shape index (κ3) is 2.94. The maximum absolute atomic E-state index is 5.41. The van der Waals surface area contributed by atoms with Crippen molar-refractivity contribution in [3.63, 3.8) is 0 Å². The van der Waals surface area contributed by atoms with Gasteiger partial charge >= 0.3 is 0 Å². The highest BCUT2D eigenvalue weighted by Crippen LogP contribution is 2.35. The van der Waals surface area contributed by atoms with Crippen molar-refractivity contribution >= 4 is 5.95 Å². The normalized spacial score (nSPS) is 12.2. The number of nitrogens with zero attached hydrogens (tertiary/aromatic N) is 2. The number of hydrogen-bond acceptors (Lipinski definition) is 5. The maximum Gasteiger partial charge on any atom is 0.231 e. The first-order valence-electron chi connectivity index (χ1n) is 7.39. The van der Waals surface area contributed by atoms with Gasteiger partial charge in [0.25, 0.3) is 0 Å². The van der Waals surface area contributed by atoms with E-state index in [0.717, 1.165) is 22.8 Å². The van der Waals surface area contributed by atoms with Crippen LogP contribution in [0.3, 0.4) is 0 Å². The van der Waals surface area contributed by atoms with E-state index in [4.69, 9.17) is 9.47 Å². The summed E-state index contributed by atoms with van der Waals surface area (Å²) in [5.74, 6) is 2.12. The second-order valence-corrected chi connectivity index (χ2v) is 5.17. The minimum Gasteiger partial charge on any atom is -0.454 e. The lowest BCUT2D eigenvalue weighted by molar-refractivity contribution is 0.174. The Labute approximate surface area is 133 Å². The van der Waals surface area contributed by atoms with E-state index in [1.54, 1.807) is 6.20 Å². The zero-order valence-corrected chi connectivity index (χ0v) is 12.4. The molecule has 0 unspecified atom stereocenters. The first kappa shape index (κ1) is 13.6. The van der Waals surface area contributed by atoms with Gasteiger partial charge in [-0.2, -0.15) is 0 Å². The van der Waals surface area contributed by atoms with Crippen LogP contribution in [0.2, 0.25) is 0 Å². The van der Waals surface area contributed by atoms with Crippen LogP contribution >= 0.6 is 0 Å². The molecule has 0 amide bonds. The fourth-order valence-corrected chi connectivity index (χ4v) is 2.44. The van der Waals surface area contributed by atoms with E-state index < -0.39 is 0 Å². The highest BCUT2D eigenvalue weighted by atomic mass is 16.7. The molecule has 0 spiro atoms. The van der Waals surface area contributed by atoms with E-state index in [0.29, 0.717) is 12.5 Å². The second kappa shape index (κ2) is 5.96. The Bertz CT molecular complexity index is 822. The summed E-state index contributed by atoms with van der Waals surface area (Å²) < 4.78 is 10.7. The van der Waals surface area contributed by atoms with Crippen molar-refractivity contribution < 1.29 is 9.47 Å². The van der Waals surface area contributed by atoms with Crippen molar-refractivity contribution in [3.8, 4) is 22.8 Å². The summed E-state index contributed by atoms with van der Waals surface area (Å²) in [6.07, 6.45) is 1.75. The number of rotatable bonds is 4. The maximum atomic E-state index is 5.41. The number of anilines is 1. The average Bonchev–Trinajstić information content (AvgIpc) is 3.09. The zero-order chi connectivity index (χ0) is 15.5. The Morgan fingerprint density at radius 1 is 0.957 bits per heavy atom. The molecule has 2 heterocycles. The van der Waals surface area contributed by atoms with Gasteiger partial charge in [-0.25, -0.2) is 9.97 Å². The molecule has 1 aliphatic rings. The topological polar surface area (TPSA) is 56.3 Å². The van der Waals surface area contributed by atoms with Crippen molar-refractivity contribution in [1.29, 1.82) is 0 Å². The van der Waals surface area contributed by atoms with Crippen LogP contribution in [-0.2, 0) is 6.54 Å². The van der Waals surface area contributed by atoms with Crippen LogP contribution < -0.4 is 14.8 Å². The molecule has 3 aromatic rings. The molecular weight excluding hydrogens is 290 g/mol. The Morgan fingerprint density at radius 3 is 2.74 bits per heavy atom. The number of benzene rings is 2. The first-order valence-corrected chi connectivity index (χ1v) is 7.39. The molecule has 1 aromatic heterocycles. The Morgan fingerprint density at radius 2 is 1.83 bits per heavy atom. The summed E-state index contributed by atoms with van der Waals surface area (Å²) in [6, 6.07) is 17.8. The first-order chi connectivity index (χ1) is 11.4. The van der Waals surface area contributed by atoms with E-state index >= 15 is 0 Å². The van der Waals surface area contributed by atoms with Gasteiger partial charge in [0.05, 0.1) is 5.69 Å². The van der Waals surface area contributed by atoms with E-state index in [2.05, 4.69) is 27.4 Å². The summed E-state index contributed by atoms with van der Waals surface area (Å²) >= 11 is 0. The van der Waals surface area contributed by atoms with Crippen molar-refractivity contribution in [2.45, 2.75) is 6.54 Å². The molecule has 1 aliphatic heterocycles. The minimum atomic E-state index is 0.270. The van der Waals surface area contributed by atoms with Crippen molar-refractivity contribution in [2.24, 2.45) is 0 Å². The Hall–Kier alpha value is -3.08. The SMILES string of the molecule is c1ccc(CNc2nccc(-c3ccc4c(c3)OCO4)n2)cc1. The Balaban J connectivity index is 1.54. The zero-order valence-electron chi connectivity index (χ0n) is 12.4. The van der Waals surface area contributed by atoms with Crippen LogP contribution in [0, 0.1) is 0 Å². The molecule has 0 saturated carbocycles. The molecular formula is C18H15N3O2. The third-order valence-electron chi connectivity index (χ3n) is 3.62. The van der Waals surface area contributed by atoms with Gasteiger partial charge in [-0.05, 0) is 29.8 Å². The summed E-state index contributed by atoms with van der Waals surface area (Å²) in [4.78, 5) is 8.84. The van der Waals surface area contributed by atoms with E-state index in [1.807, 2.05) is 42.5 Å². The molecule has 5 heteroatoms. The molecule has 5 nitrogen and oxygen atoms in total. The monoisotopic (exact) mass is 305 g/mol. The highest BCUT2D eigenvalue weighted by Gasteiger charge is 2.14. The number of hydrogen-bond donors (Lipinski definition) is 1. The molecule has 114 valence electrons. The lowest BCUT2D eigenvalue weighted by Gasteiger charge is -2.07. The molecule has 4 rings (SSSR count). The van der Waals surface area contributed by atoms with E-state index in [1.165, 1.54) is 5.56 Å². The predicted molar refractivity (Wildman–Crippen MR) is 87.4 cm³/mol. The van der Waals surface area contributed by atoms with Gasteiger partial charge in [0.15, 0.2) is 11.5 Å². The Kier molecular flexibility index (Phi) is 3.52. The second-order valence-electron chi connectivity index (χ2n) is 5.17. The third-order valence-corrected chi connectivity index (χ3v) is 3.62. The fraction of sp³-hybridized carbons (Fsp3) is 0.111. The van der Waals surface area contributed by atoms with Gasteiger partial charge in [0.2, 0.25) is 12.7 Å². The van der Waals surface area contributed by atoms with Crippen LogP contribution in [0.25, 0.3) is 11.3 Å². The molecule has 0 saturated heterocycles. The number of nitrogens with one attached hydrogen (secondary N) is 1. The predicted octanol–water partition coefficient (Wildman–Crippen LogP) is 3.48. The van der Waals surface area contributed by atoms with Crippen LogP contribution in [0.1, 0.15) is 5.56 Å². The van der Waals surface area contributed by atoms with Gasteiger partial charge in [0.1, 0.15) is 0 Å². The van der Waals surface area contributed by atoms with Crippen molar-refractivity contribution in [2.75, 3.05) is 12.1 Å². The minimum absolute atomic E-state index is 0.270. The average molecular weight is 305 g/mol. The van der Waals surface area contributed by atoms with Gasteiger partial charge in [0, 0.05) is 18.3 Å². The van der Waals surface area contributed by atoms with Crippen LogP contribution in [-0.4, -0.2) is 16.8 Å². The number of ether oxygens (including phenoxy) is 2. The quantitative estimate of drug-likeness (QED) is 0.799. The fourth-order valence-electron chi connectivity index (χ4n) is 2.44. The standard InChI is InChI=1S/C18H15N3O2/c1-2-4-13(5-3-1)11-20-18-19-9-8-15(21-18)14-6-7-16-17(10-14)23-12-22-16/h1-10H,11-12H2,(H,19,20,21). The molecule has 0 bridgehead atoms. The van der Waals surface area contributed by atoms with Gasteiger partial charge in [-0.3, -0.25) is 0 Å². The largest absolute Gasteiger partial charge is 0.454 e. The van der Waals surface area contributed by atoms with Gasteiger partial charge in [-0.1, -0.05) is 30.3 Å². The summed E-state index contributed by atoms with van der Waals surface area (Å²) in [5.41, 5.74) is 3.00. The lowest BCUT2D eigenvalue weighted by Crippen LogP contribution is -2.03. The van der Waals surface area contributed by atoms with Crippen LogP contribution in [0.4, 0.5) is 5.95 Å². The molecule has 0 radical (unpaired) electrons. The molecule has 1 N–H and O–H groups in total. The molecule has 0 aliphatic carbocycles. The van der Waals surface area contributed by atoms with Gasteiger partial charge < -0.3 is 14.8 Å². The van der Waals surface area contributed by atoms with Crippen LogP contribution in [0.15, 0.2) is 60.8 Å². The summed E-state index contributed by atoms with van der Waals surface area (Å²) in [6.45, 7) is 0.956. The molecule has 0 atom stereocenters. The van der Waals surface area contributed by atoms with Gasteiger partial charge in [-0.15, -0.1) is 0 Å². The number of fused-ring (bicyclic) bond motifs is 1. The van der Waals surface area contributed by atoms with E-state index in [9.17, 15) is 0 Å². The van der Waals surface area contributed by atoms with Crippen molar-refractivity contribution in [3.05, 3.63) is 66.4 Å².